The van der Waals surface area contributed by atoms with Crippen molar-refractivity contribution in [1.82, 2.24) is 5.32 Å². The topological polar surface area (TPSA) is 81.4 Å². The zero-order valence-electron chi connectivity index (χ0n) is 8.43. The fraction of sp³-hybridized carbons (Fsp3) is 0.333. The van der Waals surface area contributed by atoms with E-state index in [-0.39, 0.29) is 19.1 Å². The second-order valence-corrected chi connectivity index (χ2v) is 4.37. The highest BCUT2D eigenvalue weighted by Gasteiger charge is 2.06. The third kappa shape index (κ3) is 4.65. The molecule has 16 heavy (non-hydrogen) atoms. The number of nitrogens with two attached hydrogens (primary N) is 1. The van der Waals surface area contributed by atoms with Crippen LogP contribution in [0.3, 0.4) is 0 Å². The van der Waals surface area contributed by atoms with Crippen molar-refractivity contribution in [3.63, 3.8) is 0 Å². The van der Waals surface area contributed by atoms with E-state index in [0.29, 0.717) is 11.4 Å². The van der Waals surface area contributed by atoms with Crippen LogP contribution >= 0.6 is 24.0 Å². The first-order valence-corrected chi connectivity index (χ1v) is 5.84. The van der Waals surface area contributed by atoms with Gasteiger partial charge in [0.2, 0.25) is 5.91 Å². The monoisotopic (exact) mass is 260 g/mol. The summed E-state index contributed by atoms with van der Waals surface area (Å²) in [6, 6.07) is 1.69. The first kappa shape index (κ1) is 13.0. The molecule has 0 saturated heterocycles. The minimum atomic E-state index is -0.524. The highest BCUT2D eigenvalue weighted by molar-refractivity contribution is 7.80. The van der Waals surface area contributed by atoms with Gasteiger partial charge in [0.05, 0.1) is 11.5 Å². The zero-order valence-corrected chi connectivity index (χ0v) is 10.1. The van der Waals surface area contributed by atoms with Gasteiger partial charge in [0.1, 0.15) is 6.61 Å². The van der Waals surface area contributed by atoms with Crippen LogP contribution in [0.1, 0.15) is 9.67 Å². The van der Waals surface area contributed by atoms with E-state index in [1.165, 1.54) is 11.3 Å². The zero-order chi connectivity index (χ0) is 12.0. The summed E-state index contributed by atoms with van der Waals surface area (Å²) in [5, 5.41) is 4.43. The third-order valence-electron chi connectivity index (χ3n) is 1.59. The van der Waals surface area contributed by atoms with E-state index < -0.39 is 5.91 Å². The standard InChI is InChI=1S/C9H12N2O3S2/c10-8(12)4-14-2-1-11-9(13)7-3-6(15)5-16-7/h3,5,15H,1-2,4H2,(H2,10,12)(H,11,13). The van der Waals surface area contributed by atoms with Gasteiger partial charge in [-0.05, 0) is 6.07 Å². The van der Waals surface area contributed by atoms with Crippen molar-refractivity contribution in [2.75, 3.05) is 19.8 Å². The number of hydrogen-bond acceptors (Lipinski definition) is 5. The minimum Gasteiger partial charge on any atom is -0.370 e. The Kier molecular flexibility index (Phi) is 5.30. The van der Waals surface area contributed by atoms with Gasteiger partial charge < -0.3 is 15.8 Å². The van der Waals surface area contributed by atoms with Crippen LogP contribution in [0.25, 0.3) is 0 Å². The molecule has 0 fully saturated rings. The molecule has 1 aromatic heterocycles. The molecule has 88 valence electrons. The number of ether oxygens (including phenoxy) is 1. The number of hydrogen-bond donors (Lipinski definition) is 3. The molecule has 0 unspecified atom stereocenters. The maximum Gasteiger partial charge on any atom is 0.261 e. The van der Waals surface area contributed by atoms with Gasteiger partial charge in [-0.15, -0.1) is 24.0 Å². The second kappa shape index (κ2) is 6.51. The van der Waals surface area contributed by atoms with Crippen molar-refractivity contribution in [1.29, 1.82) is 0 Å². The maximum atomic E-state index is 11.5. The van der Waals surface area contributed by atoms with Crippen LogP contribution in [-0.2, 0) is 9.53 Å². The average molecular weight is 260 g/mol. The Morgan fingerprint density at radius 1 is 1.56 bits per heavy atom. The average Bonchev–Trinajstić information content (AvgIpc) is 2.63. The summed E-state index contributed by atoms with van der Waals surface area (Å²) in [7, 11) is 0. The highest BCUT2D eigenvalue weighted by Crippen LogP contribution is 2.16. The number of carbonyl (C=O) groups is 2. The summed E-state index contributed by atoms with van der Waals surface area (Å²) in [5.74, 6) is -0.697. The summed E-state index contributed by atoms with van der Waals surface area (Å²) in [6.45, 7) is 0.468. The van der Waals surface area contributed by atoms with E-state index >= 15 is 0 Å². The lowest BCUT2D eigenvalue weighted by molar-refractivity contribution is -0.122. The largest absolute Gasteiger partial charge is 0.370 e. The Morgan fingerprint density at radius 2 is 2.31 bits per heavy atom. The van der Waals surface area contributed by atoms with Crippen molar-refractivity contribution in [2.45, 2.75) is 4.90 Å². The predicted octanol–water partition coefficient (Wildman–Crippen LogP) is 0.269. The summed E-state index contributed by atoms with van der Waals surface area (Å²) < 4.78 is 4.89. The first-order valence-electron chi connectivity index (χ1n) is 4.51. The van der Waals surface area contributed by atoms with Crippen molar-refractivity contribution < 1.29 is 14.3 Å². The number of primary amides is 1. The molecule has 1 rings (SSSR count). The Morgan fingerprint density at radius 3 is 2.88 bits per heavy atom. The second-order valence-electron chi connectivity index (χ2n) is 2.94. The molecule has 0 aliphatic heterocycles. The molecule has 0 aliphatic carbocycles. The van der Waals surface area contributed by atoms with Crippen molar-refractivity contribution in [3.05, 3.63) is 16.3 Å². The molecule has 7 heteroatoms. The van der Waals surface area contributed by atoms with Crippen molar-refractivity contribution >= 4 is 35.8 Å². The van der Waals surface area contributed by atoms with E-state index in [9.17, 15) is 9.59 Å². The Labute approximate surface area is 102 Å². The number of nitrogens with one attached hydrogen (secondary N) is 1. The Balaban J connectivity index is 2.18. The molecule has 0 saturated carbocycles. The summed E-state index contributed by atoms with van der Waals surface area (Å²) in [6.07, 6.45) is 0. The molecule has 0 aliphatic rings. The maximum absolute atomic E-state index is 11.5. The fourth-order valence-electron chi connectivity index (χ4n) is 0.942. The number of rotatable bonds is 6. The SMILES string of the molecule is NC(=O)COCCNC(=O)c1cc(S)cs1. The number of carbonyl (C=O) groups excluding carboxylic acids is 2. The minimum absolute atomic E-state index is 0.129. The lowest BCUT2D eigenvalue weighted by atomic mass is 10.4. The molecular formula is C9H12N2O3S2. The van der Waals surface area contributed by atoms with Crippen LogP contribution < -0.4 is 11.1 Å². The number of thiophene rings is 1. The predicted molar refractivity (Wildman–Crippen MR) is 63.9 cm³/mol. The smallest absolute Gasteiger partial charge is 0.261 e. The quantitative estimate of drug-likeness (QED) is 0.507. The molecule has 1 aromatic rings. The summed E-state index contributed by atoms with van der Waals surface area (Å²) in [4.78, 5) is 23.2. The molecule has 0 atom stereocenters. The van der Waals surface area contributed by atoms with Gasteiger partial charge >= 0.3 is 0 Å². The van der Waals surface area contributed by atoms with Gasteiger partial charge in [-0.1, -0.05) is 0 Å². The van der Waals surface area contributed by atoms with Gasteiger partial charge in [-0.25, -0.2) is 0 Å². The molecule has 0 radical (unpaired) electrons. The van der Waals surface area contributed by atoms with Gasteiger partial charge in [-0.2, -0.15) is 0 Å². The van der Waals surface area contributed by atoms with E-state index in [1.54, 1.807) is 11.4 Å². The van der Waals surface area contributed by atoms with Crippen LogP contribution in [0.15, 0.2) is 16.3 Å². The van der Waals surface area contributed by atoms with E-state index in [4.69, 9.17) is 10.5 Å². The van der Waals surface area contributed by atoms with Crippen molar-refractivity contribution in [3.8, 4) is 0 Å². The number of amides is 2. The van der Waals surface area contributed by atoms with Gasteiger partial charge in [-0.3, -0.25) is 9.59 Å². The molecule has 5 nitrogen and oxygen atoms in total. The van der Waals surface area contributed by atoms with Gasteiger partial charge in [0.25, 0.3) is 5.91 Å². The van der Waals surface area contributed by atoms with Crippen LogP contribution in [0.5, 0.6) is 0 Å². The molecule has 0 bridgehead atoms. The number of thiol groups is 1. The molecule has 2 amide bonds. The van der Waals surface area contributed by atoms with E-state index in [0.717, 1.165) is 4.90 Å². The van der Waals surface area contributed by atoms with E-state index in [1.807, 2.05) is 0 Å². The van der Waals surface area contributed by atoms with Crippen LogP contribution in [0.2, 0.25) is 0 Å². The van der Waals surface area contributed by atoms with Gasteiger partial charge in [0.15, 0.2) is 0 Å². The molecule has 0 spiro atoms. The molecule has 3 N–H and O–H groups in total. The van der Waals surface area contributed by atoms with Gasteiger partial charge in [0, 0.05) is 16.8 Å². The lowest BCUT2D eigenvalue weighted by Crippen LogP contribution is -2.28. The normalized spacial score (nSPS) is 10.1. The third-order valence-corrected chi connectivity index (χ3v) is 2.95. The highest BCUT2D eigenvalue weighted by atomic mass is 32.1. The lowest BCUT2D eigenvalue weighted by Gasteiger charge is -2.03. The van der Waals surface area contributed by atoms with Crippen LogP contribution in [0, 0.1) is 0 Å². The molecule has 1 heterocycles. The Hall–Kier alpha value is -1.05. The first-order chi connectivity index (χ1) is 7.59. The summed E-state index contributed by atoms with van der Waals surface area (Å²) in [5.41, 5.74) is 4.87. The molecule has 0 aromatic carbocycles. The Bertz CT molecular complexity index is 379. The summed E-state index contributed by atoms with van der Waals surface area (Å²) >= 11 is 5.42. The fourth-order valence-corrected chi connectivity index (χ4v) is 2.01. The van der Waals surface area contributed by atoms with E-state index in [2.05, 4.69) is 17.9 Å². The van der Waals surface area contributed by atoms with Crippen LogP contribution in [-0.4, -0.2) is 31.6 Å². The van der Waals surface area contributed by atoms with Crippen LogP contribution in [0.4, 0.5) is 0 Å². The van der Waals surface area contributed by atoms with Crippen molar-refractivity contribution in [2.24, 2.45) is 5.73 Å². The molecular weight excluding hydrogens is 248 g/mol.